The molecule has 0 saturated heterocycles. The molecule has 0 fully saturated rings. The molecule has 0 saturated carbocycles. The quantitative estimate of drug-likeness (QED) is 0.714. The van der Waals surface area contributed by atoms with E-state index in [9.17, 15) is 4.39 Å². The number of hydrogen-bond donors (Lipinski definition) is 1. The Morgan fingerprint density at radius 2 is 2.05 bits per heavy atom. The lowest BCUT2D eigenvalue weighted by atomic mass is 10.0. The van der Waals surface area contributed by atoms with Gasteiger partial charge in [0.25, 0.3) is 0 Å². The maximum absolute atomic E-state index is 14.3. The van der Waals surface area contributed by atoms with E-state index in [0.29, 0.717) is 10.0 Å². The fourth-order valence-electron chi connectivity index (χ4n) is 1.99. The molecule has 0 aliphatic carbocycles. The first-order valence-corrected chi connectivity index (χ1v) is 8.38. The Kier molecular flexibility index (Phi) is 5.17. The minimum atomic E-state index is -0.202. The van der Waals surface area contributed by atoms with Gasteiger partial charge in [0.2, 0.25) is 0 Å². The summed E-state index contributed by atoms with van der Waals surface area (Å²) in [6.45, 7) is 4.86. The lowest BCUT2D eigenvalue weighted by Crippen LogP contribution is -2.22. The van der Waals surface area contributed by atoms with Crippen molar-refractivity contribution in [2.45, 2.75) is 19.9 Å². The van der Waals surface area contributed by atoms with Crippen LogP contribution in [0, 0.1) is 12.7 Å². The molecule has 1 unspecified atom stereocenters. The zero-order valence-corrected chi connectivity index (χ0v) is 14.6. The molecule has 1 atom stereocenters. The van der Waals surface area contributed by atoms with Gasteiger partial charge in [-0.1, -0.05) is 19.1 Å². The van der Waals surface area contributed by atoms with Crippen LogP contribution in [0.1, 0.15) is 28.3 Å². The highest BCUT2D eigenvalue weighted by Crippen LogP contribution is 2.37. The fourth-order valence-corrected chi connectivity index (χ4v) is 4.35. The molecule has 19 heavy (non-hydrogen) atoms. The molecule has 0 aliphatic heterocycles. The molecule has 2 rings (SSSR count). The number of halogens is 3. The molecule has 0 bridgehead atoms. The number of rotatable bonds is 4. The second-order valence-corrected chi connectivity index (χ2v) is 7.20. The van der Waals surface area contributed by atoms with Crippen molar-refractivity contribution >= 4 is 43.2 Å². The summed E-state index contributed by atoms with van der Waals surface area (Å²) in [6, 6.07) is 7.35. The van der Waals surface area contributed by atoms with E-state index in [4.69, 9.17) is 0 Å². The van der Waals surface area contributed by atoms with Crippen LogP contribution in [0.2, 0.25) is 0 Å². The van der Waals surface area contributed by atoms with Crippen molar-refractivity contribution < 1.29 is 4.39 Å². The molecule has 5 heteroatoms. The van der Waals surface area contributed by atoms with Gasteiger partial charge in [0.1, 0.15) is 5.82 Å². The summed E-state index contributed by atoms with van der Waals surface area (Å²) in [7, 11) is 0. The lowest BCUT2D eigenvalue weighted by Gasteiger charge is -2.19. The summed E-state index contributed by atoms with van der Waals surface area (Å²) in [5, 5.41) is 3.36. The number of hydrogen-bond acceptors (Lipinski definition) is 2. The van der Waals surface area contributed by atoms with Crippen molar-refractivity contribution in [2.24, 2.45) is 0 Å². The smallest absolute Gasteiger partial charge is 0.142 e. The first-order valence-electron chi connectivity index (χ1n) is 5.97. The zero-order chi connectivity index (χ0) is 14.0. The number of aryl methyl sites for hydroxylation is 1. The third-order valence-electron chi connectivity index (χ3n) is 2.80. The SMILES string of the molecule is CCNC(c1cccc(Br)c1F)c1sc(C)cc1Br. The molecule has 1 nitrogen and oxygen atoms in total. The van der Waals surface area contributed by atoms with E-state index in [1.807, 2.05) is 19.1 Å². The van der Waals surface area contributed by atoms with Crippen molar-refractivity contribution in [1.29, 1.82) is 0 Å². The third-order valence-corrected chi connectivity index (χ3v) is 5.45. The van der Waals surface area contributed by atoms with E-state index < -0.39 is 0 Å². The summed E-state index contributed by atoms with van der Waals surface area (Å²) in [5.41, 5.74) is 0.666. The zero-order valence-electron chi connectivity index (χ0n) is 10.6. The van der Waals surface area contributed by atoms with Crippen molar-refractivity contribution in [2.75, 3.05) is 6.54 Å². The van der Waals surface area contributed by atoms with Crippen LogP contribution in [0.15, 0.2) is 33.2 Å². The predicted octanol–water partition coefficient (Wildman–Crippen LogP) is 5.42. The van der Waals surface area contributed by atoms with Crippen molar-refractivity contribution in [3.63, 3.8) is 0 Å². The Bertz CT molecular complexity index is 583. The Labute approximate surface area is 133 Å². The van der Waals surface area contributed by atoms with E-state index in [1.165, 1.54) is 4.88 Å². The van der Waals surface area contributed by atoms with Gasteiger partial charge in [0.05, 0.1) is 10.5 Å². The van der Waals surface area contributed by atoms with Crippen molar-refractivity contribution in [1.82, 2.24) is 5.32 Å². The van der Waals surface area contributed by atoms with Crippen LogP contribution < -0.4 is 5.32 Å². The summed E-state index contributed by atoms with van der Waals surface area (Å²) >= 11 is 8.50. The average molecular weight is 407 g/mol. The molecule has 0 aliphatic rings. The minimum absolute atomic E-state index is 0.129. The Balaban J connectivity index is 2.51. The van der Waals surface area contributed by atoms with E-state index >= 15 is 0 Å². The molecule has 0 amide bonds. The topological polar surface area (TPSA) is 12.0 Å². The van der Waals surface area contributed by atoms with Gasteiger partial charge in [-0.3, -0.25) is 0 Å². The van der Waals surface area contributed by atoms with Gasteiger partial charge in [-0.05, 0) is 57.5 Å². The molecule has 0 spiro atoms. The Hall–Kier alpha value is -0.230. The standard InChI is InChI=1S/C14H14Br2FNS/c1-3-18-13(14-11(16)7-8(2)19-14)9-5-4-6-10(15)12(9)17/h4-7,13,18H,3H2,1-2H3. The molecular formula is C14H14Br2FNS. The maximum Gasteiger partial charge on any atom is 0.142 e. The van der Waals surface area contributed by atoms with Gasteiger partial charge < -0.3 is 5.32 Å². The molecule has 1 aromatic carbocycles. The maximum atomic E-state index is 14.3. The van der Waals surface area contributed by atoms with Crippen LogP contribution in [0.5, 0.6) is 0 Å². The summed E-state index contributed by atoms with van der Waals surface area (Å²) in [5.74, 6) is -0.202. The molecule has 1 N–H and O–H groups in total. The van der Waals surface area contributed by atoms with Crippen LogP contribution in [0.4, 0.5) is 4.39 Å². The van der Waals surface area contributed by atoms with Gasteiger partial charge in [0.15, 0.2) is 0 Å². The monoisotopic (exact) mass is 405 g/mol. The second-order valence-electron chi connectivity index (χ2n) is 4.20. The van der Waals surface area contributed by atoms with Crippen LogP contribution >= 0.6 is 43.2 Å². The first-order chi connectivity index (χ1) is 9.04. The first kappa shape index (κ1) is 15.2. The highest BCUT2D eigenvalue weighted by atomic mass is 79.9. The van der Waals surface area contributed by atoms with Gasteiger partial charge in [0, 0.05) is 19.8 Å². The number of thiophene rings is 1. The van der Waals surface area contributed by atoms with Crippen molar-refractivity contribution in [3.05, 3.63) is 54.3 Å². The summed E-state index contributed by atoms with van der Waals surface area (Å²) in [6.07, 6.45) is 0. The van der Waals surface area contributed by atoms with E-state index in [1.54, 1.807) is 17.4 Å². The average Bonchev–Trinajstić information content (AvgIpc) is 2.69. The van der Waals surface area contributed by atoms with Gasteiger partial charge in [-0.15, -0.1) is 11.3 Å². The minimum Gasteiger partial charge on any atom is -0.306 e. The molecule has 0 radical (unpaired) electrons. The van der Waals surface area contributed by atoms with Crippen LogP contribution in [0.25, 0.3) is 0 Å². The third kappa shape index (κ3) is 3.27. The largest absolute Gasteiger partial charge is 0.306 e. The molecule has 2 aromatic rings. The van der Waals surface area contributed by atoms with Gasteiger partial charge in [-0.25, -0.2) is 4.39 Å². The summed E-state index contributed by atoms with van der Waals surface area (Å²) in [4.78, 5) is 2.32. The highest BCUT2D eigenvalue weighted by Gasteiger charge is 2.22. The van der Waals surface area contributed by atoms with Crippen LogP contribution in [0.3, 0.4) is 0 Å². The molecule has 1 heterocycles. The van der Waals surface area contributed by atoms with Gasteiger partial charge in [-0.2, -0.15) is 0 Å². The summed E-state index contributed by atoms with van der Waals surface area (Å²) < 4.78 is 15.8. The lowest BCUT2D eigenvalue weighted by molar-refractivity contribution is 0.558. The van der Waals surface area contributed by atoms with Crippen LogP contribution in [-0.4, -0.2) is 6.54 Å². The normalized spacial score (nSPS) is 12.7. The van der Waals surface area contributed by atoms with E-state index in [2.05, 4.69) is 50.2 Å². The van der Waals surface area contributed by atoms with Crippen molar-refractivity contribution in [3.8, 4) is 0 Å². The Morgan fingerprint density at radius 3 is 2.63 bits per heavy atom. The second kappa shape index (κ2) is 6.48. The Morgan fingerprint density at radius 1 is 1.32 bits per heavy atom. The van der Waals surface area contributed by atoms with E-state index in [0.717, 1.165) is 15.9 Å². The predicted molar refractivity (Wildman–Crippen MR) is 86.4 cm³/mol. The number of benzene rings is 1. The van der Waals surface area contributed by atoms with E-state index in [-0.39, 0.29) is 11.9 Å². The highest BCUT2D eigenvalue weighted by molar-refractivity contribution is 9.10. The number of nitrogens with one attached hydrogen (secondary N) is 1. The molecule has 102 valence electrons. The molecule has 1 aromatic heterocycles. The fraction of sp³-hybridized carbons (Fsp3) is 0.286. The van der Waals surface area contributed by atoms with Gasteiger partial charge >= 0.3 is 0 Å². The molecular weight excluding hydrogens is 393 g/mol. The van der Waals surface area contributed by atoms with Crippen LogP contribution in [-0.2, 0) is 0 Å².